The van der Waals surface area contributed by atoms with Crippen molar-refractivity contribution in [1.82, 2.24) is 0 Å². The summed E-state index contributed by atoms with van der Waals surface area (Å²) < 4.78 is 0. The van der Waals surface area contributed by atoms with Gasteiger partial charge < -0.3 is 48.5 Å². The maximum absolute atomic E-state index is 10.4. The average molecular weight is 475 g/mol. The molecule has 0 heterocycles. The van der Waals surface area contributed by atoms with Crippen molar-refractivity contribution in [3.63, 3.8) is 0 Å². The fraction of sp³-hybridized carbons (Fsp3) is 0.500. The van der Waals surface area contributed by atoms with Gasteiger partial charge in [-0.2, -0.15) is 0 Å². The van der Waals surface area contributed by atoms with Crippen LogP contribution in [0.15, 0.2) is 24.3 Å². The highest BCUT2D eigenvalue weighted by Gasteiger charge is 2.12. The van der Waals surface area contributed by atoms with Crippen molar-refractivity contribution >= 4 is 23.9 Å². The first-order chi connectivity index (χ1) is 15.3. The molecule has 13 N–H and O–H groups in total. The number of nitrogens with two attached hydrogens (primary N) is 4. The average Bonchev–Trinajstić information content (AvgIpc) is 2.74. The maximum Gasteiger partial charge on any atom is 0.320 e. The third-order valence-electron chi connectivity index (χ3n) is 3.98. The molecule has 0 saturated carbocycles. The molecule has 0 bridgehead atoms. The van der Waals surface area contributed by atoms with Crippen LogP contribution < -0.4 is 22.9 Å². The molecule has 0 aromatic heterocycles. The number of phenolic OH excluding ortho intramolecular Hbond substituents is 1. The van der Waals surface area contributed by atoms with Crippen molar-refractivity contribution in [3.05, 3.63) is 29.8 Å². The monoisotopic (exact) mass is 474 g/mol. The lowest BCUT2D eigenvalue weighted by Crippen LogP contribution is -2.32. The first kappa shape index (κ1) is 31.9. The zero-order valence-corrected chi connectivity index (χ0v) is 18.2. The molecule has 0 spiro atoms. The van der Waals surface area contributed by atoms with Crippen LogP contribution >= 0.6 is 0 Å². The van der Waals surface area contributed by atoms with E-state index in [1.807, 2.05) is 0 Å². The molecule has 1 rings (SSSR count). The Balaban J connectivity index is 0. The lowest BCUT2D eigenvalue weighted by Gasteiger charge is -2.05. The summed E-state index contributed by atoms with van der Waals surface area (Å²) in [6, 6.07) is 3.65. The van der Waals surface area contributed by atoms with Crippen molar-refractivity contribution in [2.45, 2.75) is 56.7 Å². The highest BCUT2D eigenvalue weighted by Crippen LogP contribution is 2.10. The zero-order valence-electron chi connectivity index (χ0n) is 18.2. The molecule has 0 aliphatic heterocycles. The molecule has 0 fully saturated rings. The standard InChI is InChI=1S/C9H11NO3.C6H14N2O2.C5H9NO4/c10-8(9(12)13)5-6-1-3-7(11)4-2-6;7-4-2-1-3-5(8)6(9)10;6-3(5(9)10)1-2-4(7)8/h1-4,8,11H,5,10H2,(H,12,13);5H,1-4,7-8H2,(H,9,10);3H,1-2,6H2,(H,7,8)(H,9,10)/t8-;5-;3-/m000/s1. The van der Waals surface area contributed by atoms with Gasteiger partial charge in [-0.25, -0.2) is 0 Å². The summed E-state index contributed by atoms with van der Waals surface area (Å²) in [5.41, 5.74) is 21.5. The summed E-state index contributed by atoms with van der Waals surface area (Å²) >= 11 is 0. The Bertz CT molecular complexity index is 729. The van der Waals surface area contributed by atoms with Crippen LogP contribution in [0.1, 0.15) is 37.7 Å². The van der Waals surface area contributed by atoms with E-state index in [2.05, 4.69) is 0 Å². The molecule has 0 saturated heterocycles. The van der Waals surface area contributed by atoms with E-state index in [9.17, 15) is 19.2 Å². The van der Waals surface area contributed by atoms with Gasteiger partial charge in [0.25, 0.3) is 0 Å². The van der Waals surface area contributed by atoms with Crippen LogP contribution in [-0.2, 0) is 25.6 Å². The fourth-order valence-electron chi connectivity index (χ4n) is 2.01. The third kappa shape index (κ3) is 19.2. The molecule has 0 aliphatic rings. The van der Waals surface area contributed by atoms with Crippen LogP contribution in [0.5, 0.6) is 5.75 Å². The van der Waals surface area contributed by atoms with Crippen LogP contribution in [0.3, 0.4) is 0 Å². The summed E-state index contributed by atoms with van der Waals surface area (Å²) in [6.45, 7) is 0.604. The Morgan fingerprint density at radius 2 is 1.18 bits per heavy atom. The second-order valence-corrected chi connectivity index (χ2v) is 6.92. The first-order valence-corrected chi connectivity index (χ1v) is 9.96. The van der Waals surface area contributed by atoms with E-state index in [0.717, 1.165) is 18.4 Å². The summed E-state index contributed by atoms with van der Waals surface area (Å²) in [5.74, 6) is -3.99. The number of carboxylic acids is 4. The minimum atomic E-state index is -1.17. The number of carboxylic acid groups (broad SMARTS) is 4. The molecule has 1 aromatic carbocycles. The Morgan fingerprint density at radius 1 is 0.727 bits per heavy atom. The van der Waals surface area contributed by atoms with Crippen LogP contribution in [0.4, 0.5) is 0 Å². The van der Waals surface area contributed by atoms with Gasteiger partial charge in [0.1, 0.15) is 23.9 Å². The molecular weight excluding hydrogens is 440 g/mol. The quantitative estimate of drug-likeness (QED) is 0.167. The van der Waals surface area contributed by atoms with Gasteiger partial charge >= 0.3 is 23.9 Å². The van der Waals surface area contributed by atoms with Gasteiger partial charge in [0.2, 0.25) is 0 Å². The summed E-state index contributed by atoms with van der Waals surface area (Å²) in [7, 11) is 0. The molecule has 33 heavy (non-hydrogen) atoms. The summed E-state index contributed by atoms with van der Waals surface area (Å²) in [4.78, 5) is 40.4. The minimum Gasteiger partial charge on any atom is -0.508 e. The Morgan fingerprint density at radius 3 is 1.58 bits per heavy atom. The van der Waals surface area contributed by atoms with Crippen molar-refractivity contribution in [2.75, 3.05) is 6.54 Å². The molecule has 13 nitrogen and oxygen atoms in total. The second kappa shape index (κ2) is 18.3. The van der Waals surface area contributed by atoms with Crippen LogP contribution in [0, 0.1) is 0 Å². The third-order valence-corrected chi connectivity index (χ3v) is 3.98. The van der Waals surface area contributed by atoms with Gasteiger partial charge in [-0.15, -0.1) is 0 Å². The Hall–Kier alpha value is -3.26. The van der Waals surface area contributed by atoms with E-state index in [0.29, 0.717) is 13.0 Å². The van der Waals surface area contributed by atoms with Crippen LogP contribution in [0.25, 0.3) is 0 Å². The number of rotatable bonds is 12. The lowest BCUT2D eigenvalue weighted by atomic mass is 10.1. The number of benzene rings is 1. The largest absolute Gasteiger partial charge is 0.508 e. The van der Waals surface area contributed by atoms with Gasteiger partial charge in [-0.3, -0.25) is 19.2 Å². The fourth-order valence-corrected chi connectivity index (χ4v) is 2.01. The van der Waals surface area contributed by atoms with Crippen molar-refractivity contribution < 1.29 is 44.7 Å². The van der Waals surface area contributed by atoms with Crippen LogP contribution in [-0.4, -0.2) is 74.1 Å². The Kier molecular flexibility index (Phi) is 17.7. The number of unbranched alkanes of at least 4 members (excludes halogenated alkanes) is 1. The normalized spacial score (nSPS) is 12.6. The van der Waals surface area contributed by atoms with Gasteiger partial charge in [-0.1, -0.05) is 18.6 Å². The Labute approximate surface area is 191 Å². The molecular formula is C20H34N4O9. The second-order valence-electron chi connectivity index (χ2n) is 6.92. The molecule has 3 atom stereocenters. The van der Waals surface area contributed by atoms with Gasteiger partial charge in [0.05, 0.1) is 0 Å². The van der Waals surface area contributed by atoms with Crippen LogP contribution in [0.2, 0.25) is 0 Å². The smallest absolute Gasteiger partial charge is 0.320 e. The number of carbonyl (C=O) groups is 4. The predicted octanol–water partition coefficient (Wildman–Crippen LogP) is -0.863. The number of phenols is 1. The van der Waals surface area contributed by atoms with Crippen molar-refractivity contribution in [3.8, 4) is 5.75 Å². The summed E-state index contributed by atoms with van der Waals surface area (Å²) in [6.07, 6.45) is 2.21. The molecule has 0 amide bonds. The molecule has 0 aliphatic carbocycles. The highest BCUT2D eigenvalue weighted by atomic mass is 16.4. The lowest BCUT2D eigenvalue weighted by molar-refractivity contribution is -0.141. The highest BCUT2D eigenvalue weighted by molar-refractivity contribution is 5.75. The molecule has 0 radical (unpaired) electrons. The van der Waals surface area contributed by atoms with E-state index < -0.39 is 42.0 Å². The molecule has 188 valence electrons. The first-order valence-electron chi connectivity index (χ1n) is 9.96. The number of hydrogen-bond donors (Lipinski definition) is 9. The molecule has 0 unspecified atom stereocenters. The SMILES string of the molecule is NCCCC[C@H](N)C(=O)O.N[C@@H](CCC(=O)O)C(=O)O.N[C@@H](Cc1ccc(O)cc1)C(=O)O. The van der Waals surface area contributed by atoms with Gasteiger partial charge in [0, 0.05) is 6.42 Å². The van der Waals surface area contributed by atoms with E-state index >= 15 is 0 Å². The summed E-state index contributed by atoms with van der Waals surface area (Å²) in [5, 5.41) is 42.1. The molecule has 1 aromatic rings. The number of aromatic hydroxyl groups is 1. The number of aliphatic carboxylic acids is 4. The van der Waals surface area contributed by atoms with Crippen molar-refractivity contribution in [1.29, 1.82) is 0 Å². The van der Waals surface area contributed by atoms with E-state index in [4.69, 9.17) is 48.5 Å². The molecule has 13 heteroatoms. The van der Waals surface area contributed by atoms with E-state index in [1.165, 1.54) is 12.1 Å². The van der Waals surface area contributed by atoms with E-state index in [1.54, 1.807) is 12.1 Å². The number of hydrogen-bond acceptors (Lipinski definition) is 9. The minimum absolute atomic E-state index is 0.0231. The van der Waals surface area contributed by atoms with Gasteiger partial charge in [0.15, 0.2) is 0 Å². The zero-order chi connectivity index (χ0) is 26.0. The van der Waals surface area contributed by atoms with E-state index in [-0.39, 0.29) is 25.0 Å². The maximum atomic E-state index is 10.4. The topological polar surface area (TPSA) is 274 Å². The predicted molar refractivity (Wildman–Crippen MR) is 118 cm³/mol. The van der Waals surface area contributed by atoms with Gasteiger partial charge in [-0.05, 0) is 49.9 Å². The van der Waals surface area contributed by atoms with Crippen molar-refractivity contribution in [2.24, 2.45) is 22.9 Å².